The molecule has 0 spiro atoms. The molecule has 0 saturated heterocycles. The molecule has 26 heavy (non-hydrogen) atoms. The number of hydrogen-bond acceptors (Lipinski definition) is 2. The molecule has 0 N–H and O–H groups in total. The summed E-state index contributed by atoms with van der Waals surface area (Å²) in [5.74, 6) is 0. The summed E-state index contributed by atoms with van der Waals surface area (Å²) in [4.78, 5) is 11.9. The number of carbonyl (C=O) groups is 1. The van der Waals surface area contributed by atoms with Gasteiger partial charge in [-0.05, 0) is 46.0 Å². The molecular formula is C22H18BrClO2. The molecule has 0 fully saturated rings. The number of rotatable bonds is 7. The van der Waals surface area contributed by atoms with Crippen molar-refractivity contribution in [3.63, 3.8) is 0 Å². The molecule has 3 aromatic carbocycles. The van der Waals surface area contributed by atoms with E-state index >= 15 is 0 Å². The van der Waals surface area contributed by atoms with E-state index in [1.54, 1.807) is 0 Å². The second-order valence-electron chi connectivity index (χ2n) is 5.96. The normalized spacial score (nSPS) is 11.9. The van der Waals surface area contributed by atoms with Crippen LogP contribution < -0.4 is 0 Å². The predicted octanol–water partition coefficient (Wildman–Crippen LogP) is 6.01. The summed E-state index contributed by atoms with van der Waals surface area (Å²) in [5, 5.41) is -0.482. The molecule has 0 heterocycles. The Bertz CT molecular complexity index is 880. The standard InChI is InChI=1S/C22H18BrClO2/c23-19-11-6-10-17(13-19)20-12-5-4-9-18(20)14-21(22(24)25)26-15-16-7-2-1-3-8-16/h1-13,21H,14-15H2. The van der Waals surface area contributed by atoms with Crippen LogP contribution in [0, 0.1) is 0 Å². The molecule has 0 aliphatic carbocycles. The first-order valence-electron chi connectivity index (χ1n) is 8.32. The zero-order valence-corrected chi connectivity index (χ0v) is 16.4. The van der Waals surface area contributed by atoms with Crippen LogP contribution >= 0.6 is 27.5 Å². The average Bonchev–Trinajstić information content (AvgIpc) is 2.66. The Balaban J connectivity index is 1.80. The van der Waals surface area contributed by atoms with Gasteiger partial charge in [-0.3, -0.25) is 4.79 Å². The van der Waals surface area contributed by atoms with Gasteiger partial charge in [-0.15, -0.1) is 0 Å². The van der Waals surface area contributed by atoms with Crippen LogP contribution in [-0.4, -0.2) is 11.3 Å². The summed E-state index contributed by atoms with van der Waals surface area (Å²) in [6.07, 6.45) is -0.261. The predicted molar refractivity (Wildman–Crippen MR) is 109 cm³/mol. The molecule has 4 heteroatoms. The van der Waals surface area contributed by atoms with E-state index < -0.39 is 11.3 Å². The van der Waals surface area contributed by atoms with Crippen LogP contribution in [0.3, 0.4) is 0 Å². The Morgan fingerprint density at radius 2 is 1.69 bits per heavy atom. The first-order valence-corrected chi connectivity index (χ1v) is 9.49. The van der Waals surface area contributed by atoms with Crippen molar-refractivity contribution in [1.82, 2.24) is 0 Å². The van der Waals surface area contributed by atoms with E-state index in [1.807, 2.05) is 72.8 Å². The molecule has 1 atom stereocenters. The lowest BCUT2D eigenvalue weighted by atomic mass is 9.96. The second kappa shape index (κ2) is 9.13. The summed E-state index contributed by atoms with van der Waals surface area (Å²) in [6, 6.07) is 25.8. The highest BCUT2D eigenvalue weighted by Crippen LogP contribution is 2.28. The highest BCUT2D eigenvalue weighted by atomic mass is 79.9. The van der Waals surface area contributed by atoms with Crippen molar-refractivity contribution in [1.29, 1.82) is 0 Å². The molecular weight excluding hydrogens is 412 g/mol. The number of halogens is 2. The number of hydrogen-bond donors (Lipinski definition) is 0. The van der Waals surface area contributed by atoms with Gasteiger partial charge in [0.2, 0.25) is 0 Å². The van der Waals surface area contributed by atoms with E-state index in [2.05, 4.69) is 22.0 Å². The Labute approximate surface area is 166 Å². The quantitative estimate of drug-likeness (QED) is 0.430. The zero-order valence-electron chi connectivity index (χ0n) is 14.1. The maximum atomic E-state index is 11.9. The third-order valence-corrected chi connectivity index (χ3v) is 4.84. The van der Waals surface area contributed by atoms with Gasteiger partial charge in [0.25, 0.3) is 5.24 Å². The van der Waals surface area contributed by atoms with Gasteiger partial charge < -0.3 is 4.74 Å². The number of ether oxygens (including phenoxy) is 1. The maximum Gasteiger partial charge on any atom is 0.250 e. The van der Waals surface area contributed by atoms with Crippen molar-refractivity contribution < 1.29 is 9.53 Å². The van der Waals surface area contributed by atoms with E-state index in [4.69, 9.17) is 16.3 Å². The van der Waals surface area contributed by atoms with Crippen LogP contribution in [0.25, 0.3) is 11.1 Å². The minimum atomic E-state index is -0.690. The fourth-order valence-electron chi connectivity index (χ4n) is 2.81. The van der Waals surface area contributed by atoms with Crippen LogP contribution in [0.15, 0.2) is 83.3 Å². The molecule has 1 unspecified atom stereocenters. The summed E-state index contributed by atoms with van der Waals surface area (Å²) < 4.78 is 6.83. The van der Waals surface area contributed by atoms with Crippen LogP contribution in [0.4, 0.5) is 0 Å². The molecule has 132 valence electrons. The Hall–Kier alpha value is -1.94. The molecule has 3 rings (SSSR count). The maximum absolute atomic E-state index is 11.9. The number of benzene rings is 3. The van der Waals surface area contributed by atoms with Gasteiger partial charge in [-0.25, -0.2) is 0 Å². The highest BCUT2D eigenvalue weighted by Gasteiger charge is 2.19. The molecule has 0 saturated carbocycles. The highest BCUT2D eigenvalue weighted by molar-refractivity contribution is 9.10. The second-order valence-corrected chi connectivity index (χ2v) is 7.25. The third-order valence-electron chi connectivity index (χ3n) is 4.11. The largest absolute Gasteiger partial charge is 0.364 e. The van der Waals surface area contributed by atoms with Gasteiger partial charge >= 0.3 is 0 Å². The first kappa shape index (κ1) is 18.8. The first-order chi connectivity index (χ1) is 12.6. The Morgan fingerprint density at radius 3 is 2.42 bits per heavy atom. The number of carbonyl (C=O) groups excluding carboxylic acids is 1. The van der Waals surface area contributed by atoms with E-state index in [1.165, 1.54) is 0 Å². The van der Waals surface area contributed by atoms with Gasteiger partial charge in [-0.2, -0.15) is 0 Å². The Morgan fingerprint density at radius 1 is 0.962 bits per heavy atom. The van der Waals surface area contributed by atoms with Crippen LogP contribution in [-0.2, 0) is 22.6 Å². The van der Waals surface area contributed by atoms with Crippen molar-refractivity contribution in [2.45, 2.75) is 19.1 Å². The lowest BCUT2D eigenvalue weighted by Crippen LogP contribution is -2.23. The van der Waals surface area contributed by atoms with Crippen molar-refractivity contribution in [3.05, 3.63) is 94.5 Å². The molecule has 3 aromatic rings. The van der Waals surface area contributed by atoms with Crippen molar-refractivity contribution >= 4 is 32.8 Å². The topological polar surface area (TPSA) is 26.3 Å². The van der Waals surface area contributed by atoms with E-state index in [0.717, 1.165) is 26.7 Å². The smallest absolute Gasteiger partial charge is 0.250 e. The van der Waals surface area contributed by atoms with Gasteiger partial charge in [0.1, 0.15) is 6.10 Å². The van der Waals surface area contributed by atoms with Crippen LogP contribution in [0.1, 0.15) is 11.1 Å². The zero-order chi connectivity index (χ0) is 18.4. The molecule has 0 amide bonds. The summed E-state index contributed by atoms with van der Waals surface area (Å²) in [5.41, 5.74) is 4.19. The van der Waals surface area contributed by atoms with Crippen LogP contribution in [0.2, 0.25) is 0 Å². The average molecular weight is 430 g/mol. The summed E-state index contributed by atoms with van der Waals surface area (Å²) in [6.45, 7) is 0.350. The van der Waals surface area contributed by atoms with Crippen molar-refractivity contribution in [2.24, 2.45) is 0 Å². The van der Waals surface area contributed by atoms with Crippen molar-refractivity contribution in [2.75, 3.05) is 0 Å². The fraction of sp³-hybridized carbons (Fsp3) is 0.136. The molecule has 0 aromatic heterocycles. The minimum Gasteiger partial charge on any atom is -0.364 e. The molecule has 0 aliphatic rings. The molecule has 0 aliphatic heterocycles. The monoisotopic (exact) mass is 428 g/mol. The van der Waals surface area contributed by atoms with Crippen molar-refractivity contribution in [3.8, 4) is 11.1 Å². The van der Waals surface area contributed by atoms with Gasteiger partial charge in [0, 0.05) is 10.9 Å². The summed E-state index contributed by atoms with van der Waals surface area (Å²) >= 11 is 9.32. The van der Waals surface area contributed by atoms with Gasteiger partial charge in [0.15, 0.2) is 0 Å². The molecule has 0 radical (unpaired) electrons. The van der Waals surface area contributed by atoms with Gasteiger partial charge in [-0.1, -0.05) is 82.7 Å². The van der Waals surface area contributed by atoms with E-state index in [-0.39, 0.29) is 0 Å². The fourth-order valence-corrected chi connectivity index (χ4v) is 3.35. The third kappa shape index (κ3) is 5.04. The van der Waals surface area contributed by atoms with Gasteiger partial charge in [0.05, 0.1) is 6.61 Å². The lowest BCUT2D eigenvalue weighted by Gasteiger charge is -2.17. The molecule has 0 bridgehead atoms. The van der Waals surface area contributed by atoms with Crippen LogP contribution in [0.5, 0.6) is 0 Å². The lowest BCUT2D eigenvalue weighted by molar-refractivity contribution is -0.123. The summed E-state index contributed by atoms with van der Waals surface area (Å²) in [7, 11) is 0. The molecule has 2 nitrogen and oxygen atoms in total. The van der Waals surface area contributed by atoms with E-state index in [9.17, 15) is 4.79 Å². The SMILES string of the molecule is O=C(Cl)C(Cc1ccccc1-c1cccc(Br)c1)OCc1ccccc1. The minimum absolute atomic E-state index is 0.350. The van der Waals surface area contributed by atoms with E-state index in [0.29, 0.717) is 13.0 Å². The Kier molecular flexibility index (Phi) is 6.62.